The molecule has 7 nitrogen and oxygen atoms in total. The first-order valence-corrected chi connectivity index (χ1v) is 12.2. The van der Waals surface area contributed by atoms with Crippen LogP contribution < -0.4 is 15.5 Å². The predicted molar refractivity (Wildman–Crippen MR) is 149 cm³/mol. The minimum Gasteiger partial charge on any atom is -0.337 e. The number of benzene rings is 3. The molecule has 1 aliphatic rings. The van der Waals surface area contributed by atoms with Gasteiger partial charge in [0.25, 0.3) is 11.8 Å². The summed E-state index contributed by atoms with van der Waals surface area (Å²) in [7, 11) is 0. The van der Waals surface area contributed by atoms with Crippen LogP contribution in [-0.4, -0.2) is 27.4 Å². The maximum absolute atomic E-state index is 13.5. The third-order valence-corrected chi connectivity index (χ3v) is 6.56. The van der Waals surface area contributed by atoms with Gasteiger partial charge in [-0.3, -0.25) is 24.6 Å². The van der Waals surface area contributed by atoms with Crippen LogP contribution in [0.4, 0.5) is 11.4 Å². The Morgan fingerprint density at radius 1 is 1.03 bits per heavy atom. The lowest BCUT2D eigenvalue weighted by molar-refractivity contribution is -0.122. The van der Waals surface area contributed by atoms with Gasteiger partial charge in [0.1, 0.15) is 12.1 Å². The second-order valence-corrected chi connectivity index (χ2v) is 9.35. The lowest BCUT2D eigenvalue weighted by atomic mass is 10.1. The maximum Gasteiger partial charge on any atom is 0.270 e. The number of fused-ring (bicyclic) bond motifs is 1. The second kappa shape index (κ2) is 10.0. The van der Waals surface area contributed by atoms with E-state index in [2.05, 4.69) is 10.6 Å². The maximum atomic E-state index is 13.5. The zero-order chi connectivity index (χ0) is 26.1. The number of hydrogen-bond acceptors (Lipinski definition) is 4. The molecular formula is C28H21ClN4O3S. The van der Waals surface area contributed by atoms with E-state index >= 15 is 0 Å². The molecule has 37 heavy (non-hydrogen) atoms. The molecule has 5 rings (SSSR count). The molecule has 9 heteroatoms. The number of hydrogen-bond donors (Lipinski definition) is 2. The Morgan fingerprint density at radius 2 is 1.73 bits per heavy atom. The van der Waals surface area contributed by atoms with Crippen LogP contribution in [0.15, 0.2) is 84.6 Å². The Labute approximate surface area is 223 Å². The molecule has 2 heterocycles. The van der Waals surface area contributed by atoms with E-state index in [1.54, 1.807) is 53.2 Å². The van der Waals surface area contributed by atoms with Crippen LogP contribution in [0.3, 0.4) is 0 Å². The standard InChI is InChI=1S/C28H21ClN4O3S/c1-17-6-2-4-8-23(17)33-27(36)22(26(35)31-28(33)37)14-18-15-32(24-9-5-3-7-21(18)24)16-25(34)30-20-12-10-19(29)11-13-20/h2-15H,16H2,1H3,(H,30,34)(H,31,35,37)/b22-14+. The van der Waals surface area contributed by atoms with Crippen LogP contribution in [0.1, 0.15) is 11.1 Å². The van der Waals surface area contributed by atoms with Crippen molar-refractivity contribution in [3.63, 3.8) is 0 Å². The molecular weight excluding hydrogens is 508 g/mol. The van der Waals surface area contributed by atoms with Gasteiger partial charge in [-0.05, 0) is 67.2 Å². The summed E-state index contributed by atoms with van der Waals surface area (Å²) in [6.45, 7) is 1.90. The summed E-state index contributed by atoms with van der Waals surface area (Å²) in [5.41, 5.74) is 3.44. The van der Waals surface area contributed by atoms with Crippen LogP contribution in [0.5, 0.6) is 0 Å². The summed E-state index contributed by atoms with van der Waals surface area (Å²) >= 11 is 11.2. The van der Waals surface area contributed by atoms with Crippen molar-refractivity contribution >= 4 is 75.0 Å². The van der Waals surface area contributed by atoms with Gasteiger partial charge in [0.15, 0.2) is 5.11 Å². The topological polar surface area (TPSA) is 83.4 Å². The van der Waals surface area contributed by atoms with E-state index in [9.17, 15) is 14.4 Å². The van der Waals surface area contributed by atoms with Crippen LogP contribution in [0.2, 0.25) is 5.02 Å². The van der Waals surface area contributed by atoms with E-state index in [4.69, 9.17) is 23.8 Å². The van der Waals surface area contributed by atoms with Gasteiger partial charge < -0.3 is 9.88 Å². The second-order valence-electron chi connectivity index (χ2n) is 8.53. The number of carbonyl (C=O) groups is 3. The lowest BCUT2D eigenvalue weighted by Gasteiger charge is -2.29. The fourth-order valence-corrected chi connectivity index (χ4v) is 4.66. The van der Waals surface area contributed by atoms with Crippen molar-refractivity contribution in [1.82, 2.24) is 9.88 Å². The molecule has 0 spiro atoms. The molecule has 3 amide bonds. The van der Waals surface area contributed by atoms with Crippen molar-refractivity contribution in [1.29, 1.82) is 0 Å². The molecule has 184 valence electrons. The zero-order valence-corrected chi connectivity index (χ0v) is 21.3. The Morgan fingerprint density at radius 3 is 2.49 bits per heavy atom. The predicted octanol–water partition coefficient (Wildman–Crippen LogP) is 5.07. The first kappa shape index (κ1) is 24.4. The molecule has 1 fully saturated rings. The molecule has 0 unspecified atom stereocenters. The van der Waals surface area contributed by atoms with E-state index in [1.165, 1.54) is 4.90 Å². The fourth-order valence-electron chi connectivity index (χ4n) is 4.26. The first-order valence-electron chi connectivity index (χ1n) is 11.4. The summed E-state index contributed by atoms with van der Waals surface area (Å²) in [6.07, 6.45) is 3.30. The molecule has 0 saturated carbocycles. The van der Waals surface area contributed by atoms with Gasteiger partial charge in [0.2, 0.25) is 5.91 Å². The third-order valence-electron chi connectivity index (χ3n) is 6.02. The fraction of sp³-hybridized carbons (Fsp3) is 0.0714. The van der Waals surface area contributed by atoms with Crippen molar-refractivity contribution < 1.29 is 14.4 Å². The molecule has 1 saturated heterocycles. The minimum absolute atomic E-state index is 0.0303. The number of nitrogens with one attached hydrogen (secondary N) is 2. The van der Waals surface area contributed by atoms with E-state index in [1.807, 2.05) is 43.3 Å². The van der Waals surface area contributed by atoms with E-state index in [0.29, 0.717) is 22.0 Å². The smallest absolute Gasteiger partial charge is 0.270 e. The average Bonchev–Trinajstić information content (AvgIpc) is 3.21. The normalized spacial score (nSPS) is 14.8. The number of para-hydroxylation sites is 2. The zero-order valence-electron chi connectivity index (χ0n) is 19.7. The first-order chi connectivity index (χ1) is 17.8. The number of halogens is 1. The quantitative estimate of drug-likeness (QED) is 0.215. The molecule has 0 atom stereocenters. The number of carbonyl (C=O) groups excluding carboxylic acids is 3. The number of amides is 3. The number of rotatable bonds is 5. The summed E-state index contributed by atoms with van der Waals surface area (Å²) in [5, 5.41) is 6.88. The van der Waals surface area contributed by atoms with Gasteiger partial charge in [0, 0.05) is 33.4 Å². The summed E-state index contributed by atoms with van der Waals surface area (Å²) < 4.78 is 1.78. The lowest BCUT2D eigenvalue weighted by Crippen LogP contribution is -2.54. The Kier molecular flexibility index (Phi) is 6.60. The summed E-state index contributed by atoms with van der Waals surface area (Å²) in [6, 6.07) is 21.6. The summed E-state index contributed by atoms with van der Waals surface area (Å²) in [4.78, 5) is 40.4. The van der Waals surface area contributed by atoms with Gasteiger partial charge in [-0.1, -0.05) is 48.0 Å². The van der Waals surface area contributed by atoms with Gasteiger partial charge >= 0.3 is 0 Å². The molecule has 0 aliphatic carbocycles. The van der Waals surface area contributed by atoms with Crippen molar-refractivity contribution in [2.75, 3.05) is 10.2 Å². The van der Waals surface area contributed by atoms with Gasteiger partial charge in [-0.15, -0.1) is 0 Å². The number of nitrogens with zero attached hydrogens (tertiary/aromatic N) is 2. The monoisotopic (exact) mass is 528 g/mol. The molecule has 0 bridgehead atoms. The molecule has 1 aromatic heterocycles. The molecule has 0 radical (unpaired) electrons. The van der Waals surface area contributed by atoms with Crippen molar-refractivity contribution in [3.05, 3.63) is 101 Å². The highest BCUT2D eigenvalue weighted by Gasteiger charge is 2.35. The highest BCUT2D eigenvalue weighted by molar-refractivity contribution is 7.80. The van der Waals surface area contributed by atoms with Crippen molar-refractivity contribution in [3.8, 4) is 0 Å². The Bertz CT molecular complexity index is 1610. The third kappa shape index (κ3) is 4.89. The highest BCUT2D eigenvalue weighted by atomic mass is 35.5. The number of aromatic nitrogens is 1. The molecule has 4 aromatic rings. The molecule has 3 aromatic carbocycles. The number of anilines is 2. The average molecular weight is 529 g/mol. The van der Waals surface area contributed by atoms with E-state index < -0.39 is 11.8 Å². The molecule has 2 N–H and O–H groups in total. The number of thiocarbonyl (C=S) groups is 1. The van der Waals surface area contributed by atoms with Gasteiger partial charge in [0.05, 0.1) is 5.69 Å². The van der Waals surface area contributed by atoms with Crippen LogP contribution in [0.25, 0.3) is 17.0 Å². The van der Waals surface area contributed by atoms with Gasteiger partial charge in [-0.2, -0.15) is 0 Å². The van der Waals surface area contributed by atoms with Crippen LogP contribution >= 0.6 is 23.8 Å². The van der Waals surface area contributed by atoms with Gasteiger partial charge in [-0.25, -0.2) is 0 Å². The van der Waals surface area contributed by atoms with E-state index in [-0.39, 0.29) is 23.1 Å². The van der Waals surface area contributed by atoms with E-state index in [0.717, 1.165) is 16.5 Å². The molecule has 1 aliphatic heterocycles. The van der Waals surface area contributed by atoms with Crippen LogP contribution in [-0.2, 0) is 20.9 Å². The minimum atomic E-state index is -0.572. The highest BCUT2D eigenvalue weighted by Crippen LogP contribution is 2.28. The Hall–Kier alpha value is -4.27. The number of aryl methyl sites for hydroxylation is 1. The van der Waals surface area contributed by atoms with Crippen molar-refractivity contribution in [2.45, 2.75) is 13.5 Å². The summed E-state index contributed by atoms with van der Waals surface area (Å²) in [5.74, 6) is -1.32. The largest absolute Gasteiger partial charge is 0.337 e. The SMILES string of the molecule is Cc1ccccc1N1C(=O)/C(=C/c2cn(CC(=O)Nc3ccc(Cl)cc3)c3ccccc23)C(=O)NC1=S. The van der Waals surface area contributed by atoms with Crippen molar-refractivity contribution in [2.24, 2.45) is 0 Å². The Balaban J connectivity index is 1.49. The van der Waals surface area contributed by atoms with Crippen LogP contribution in [0, 0.1) is 6.92 Å².